The summed E-state index contributed by atoms with van der Waals surface area (Å²) in [6, 6.07) is 10.0. The molecule has 0 amide bonds. The van der Waals surface area contributed by atoms with Crippen molar-refractivity contribution in [1.29, 1.82) is 0 Å². The lowest BCUT2D eigenvalue weighted by Crippen LogP contribution is -1.99. The Balaban J connectivity index is 2.07. The molecule has 0 radical (unpaired) electrons. The van der Waals surface area contributed by atoms with E-state index >= 15 is 0 Å². The Bertz CT molecular complexity index is 486. The molecule has 1 aromatic carbocycles. The lowest BCUT2D eigenvalue weighted by atomic mass is 10.1. The van der Waals surface area contributed by atoms with Crippen LogP contribution < -0.4 is 5.73 Å². The Morgan fingerprint density at radius 1 is 1.25 bits per heavy atom. The van der Waals surface area contributed by atoms with Gasteiger partial charge >= 0.3 is 0 Å². The van der Waals surface area contributed by atoms with Crippen molar-refractivity contribution in [2.24, 2.45) is 5.73 Å². The number of benzene rings is 1. The summed E-state index contributed by atoms with van der Waals surface area (Å²) >= 11 is 0. The van der Waals surface area contributed by atoms with Crippen molar-refractivity contribution in [1.82, 2.24) is 9.78 Å². The van der Waals surface area contributed by atoms with Crippen LogP contribution in [0.5, 0.6) is 0 Å². The largest absolute Gasteiger partial charge is 0.320 e. The standard InChI is InChI=1S/C13H13N3/c14-8-1-3-12-4-6-13(7-5-12)11-16-10-2-9-15-16/h2,4-7,9-10H,8,11,14H2. The summed E-state index contributed by atoms with van der Waals surface area (Å²) in [4.78, 5) is 0. The van der Waals surface area contributed by atoms with Crippen LogP contribution in [0.2, 0.25) is 0 Å². The Kier molecular flexibility index (Phi) is 3.37. The van der Waals surface area contributed by atoms with Gasteiger partial charge in [-0.15, -0.1) is 0 Å². The molecule has 3 heteroatoms. The first-order chi connectivity index (χ1) is 7.88. The Morgan fingerprint density at radius 2 is 2.06 bits per heavy atom. The molecule has 1 aromatic heterocycles. The van der Waals surface area contributed by atoms with E-state index in [9.17, 15) is 0 Å². The van der Waals surface area contributed by atoms with Crippen LogP contribution in [0.15, 0.2) is 42.7 Å². The van der Waals surface area contributed by atoms with Crippen LogP contribution in [0, 0.1) is 11.8 Å². The molecule has 1 heterocycles. The molecule has 0 atom stereocenters. The van der Waals surface area contributed by atoms with Crippen molar-refractivity contribution < 1.29 is 0 Å². The van der Waals surface area contributed by atoms with Crippen LogP contribution in [-0.4, -0.2) is 16.3 Å². The van der Waals surface area contributed by atoms with Gasteiger partial charge in [0.1, 0.15) is 0 Å². The summed E-state index contributed by atoms with van der Waals surface area (Å²) in [7, 11) is 0. The fraction of sp³-hybridized carbons (Fsp3) is 0.154. The Morgan fingerprint density at radius 3 is 2.69 bits per heavy atom. The van der Waals surface area contributed by atoms with Crippen molar-refractivity contribution in [2.45, 2.75) is 6.54 Å². The van der Waals surface area contributed by atoms with Gasteiger partial charge in [-0.2, -0.15) is 5.10 Å². The summed E-state index contributed by atoms with van der Waals surface area (Å²) in [6.07, 6.45) is 3.73. The number of nitrogens with zero attached hydrogens (tertiary/aromatic N) is 2. The van der Waals surface area contributed by atoms with E-state index in [0.29, 0.717) is 6.54 Å². The third-order valence-electron chi connectivity index (χ3n) is 2.19. The predicted molar refractivity (Wildman–Crippen MR) is 63.7 cm³/mol. The summed E-state index contributed by atoms with van der Waals surface area (Å²) in [5.74, 6) is 5.82. The van der Waals surface area contributed by atoms with Gasteiger partial charge in [-0.25, -0.2) is 0 Å². The molecule has 16 heavy (non-hydrogen) atoms. The van der Waals surface area contributed by atoms with Crippen molar-refractivity contribution in [3.05, 3.63) is 53.9 Å². The fourth-order valence-corrected chi connectivity index (χ4v) is 1.43. The van der Waals surface area contributed by atoms with Gasteiger partial charge in [-0.05, 0) is 23.8 Å². The first-order valence-corrected chi connectivity index (χ1v) is 5.14. The summed E-state index contributed by atoms with van der Waals surface area (Å²) in [5, 5.41) is 4.16. The highest BCUT2D eigenvalue weighted by molar-refractivity contribution is 5.36. The molecule has 2 aromatic rings. The summed E-state index contributed by atoms with van der Waals surface area (Å²) in [6.45, 7) is 1.19. The maximum absolute atomic E-state index is 5.31. The highest BCUT2D eigenvalue weighted by Gasteiger charge is 1.94. The topological polar surface area (TPSA) is 43.8 Å². The zero-order chi connectivity index (χ0) is 11.2. The molecule has 2 N–H and O–H groups in total. The predicted octanol–water partition coefficient (Wildman–Crippen LogP) is 1.24. The molecule has 0 aliphatic carbocycles. The highest BCUT2D eigenvalue weighted by atomic mass is 15.3. The molecule has 2 rings (SSSR count). The molecule has 0 saturated carbocycles. The van der Waals surface area contributed by atoms with Crippen LogP contribution in [0.25, 0.3) is 0 Å². The van der Waals surface area contributed by atoms with Crippen molar-refractivity contribution >= 4 is 0 Å². The van der Waals surface area contributed by atoms with Crippen molar-refractivity contribution in [2.75, 3.05) is 6.54 Å². The molecule has 0 bridgehead atoms. The van der Waals surface area contributed by atoms with Gasteiger partial charge in [0.2, 0.25) is 0 Å². The molecule has 80 valence electrons. The van der Waals surface area contributed by atoms with E-state index in [2.05, 4.69) is 29.1 Å². The lowest BCUT2D eigenvalue weighted by molar-refractivity contribution is 0.687. The molecule has 0 aliphatic rings. The van der Waals surface area contributed by atoms with Crippen molar-refractivity contribution in [3.63, 3.8) is 0 Å². The van der Waals surface area contributed by atoms with Crippen molar-refractivity contribution in [3.8, 4) is 11.8 Å². The zero-order valence-electron chi connectivity index (χ0n) is 8.93. The number of nitrogens with two attached hydrogens (primary N) is 1. The second-order valence-corrected chi connectivity index (χ2v) is 3.41. The maximum atomic E-state index is 5.31. The van der Waals surface area contributed by atoms with E-state index < -0.39 is 0 Å². The van der Waals surface area contributed by atoms with Gasteiger partial charge in [0.05, 0.1) is 13.1 Å². The molecule has 3 nitrogen and oxygen atoms in total. The molecule has 0 fully saturated rings. The zero-order valence-corrected chi connectivity index (χ0v) is 8.93. The number of hydrogen-bond donors (Lipinski definition) is 1. The van der Waals surface area contributed by atoms with Crippen LogP contribution >= 0.6 is 0 Å². The second kappa shape index (κ2) is 5.15. The normalized spacial score (nSPS) is 9.56. The highest BCUT2D eigenvalue weighted by Crippen LogP contribution is 2.04. The molecular weight excluding hydrogens is 198 g/mol. The molecule has 0 unspecified atom stereocenters. The quantitative estimate of drug-likeness (QED) is 0.759. The second-order valence-electron chi connectivity index (χ2n) is 3.41. The van der Waals surface area contributed by atoms with Gasteiger partial charge in [0, 0.05) is 18.0 Å². The lowest BCUT2D eigenvalue weighted by Gasteiger charge is -2.01. The van der Waals surface area contributed by atoms with Gasteiger partial charge in [-0.1, -0.05) is 24.0 Å². The number of rotatable bonds is 2. The van der Waals surface area contributed by atoms with Gasteiger partial charge in [0.25, 0.3) is 0 Å². The molecule has 0 saturated heterocycles. The number of aromatic nitrogens is 2. The monoisotopic (exact) mass is 211 g/mol. The smallest absolute Gasteiger partial charge is 0.0659 e. The maximum Gasteiger partial charge on any atom is 0.0659 e. The van der Waals surface area contributed by atoms with E-state index in [4.69, 9.17) is 5.73 Å². The molecular formula is C13H13N3. The van der Waals surface area contributed by atoms with Gasteiger partial charge in [0.15, 0.2) is 0 Å². The SMILES string of the molecule is NCC#Cc1ccc(Cn2cccn2)cc1. The van der Waals surface area contributed by atoms with Crippen LogP contribution in [-0.2, 0) is 6.54 Å². The number of hydrogen-bond acceptors (Lipinski definition) is 2. The summed E-state index contributed by atoms with van der Waals surface area (Å²) < 4.78 is 1.89. The average Bonchev–Trinajstić information content (AvgIpc) is 2.81. The average molecular weight is 211 g/mol. The molecule has 0 aliphatic heterocycles. The minimum atomic E-state index is 0.398. The van der Waals surface area contributed by atoms with Crippen LogP contribution in [0.4, 0.5) is 0 Å². The minimum absolute atomic E-state index is 0.398. The Labute approximate surface area is 94.9 Å². The minimum Gasteiger partial charge on any atom is -0.320 e. The van der Waals surface area contributed by atoms with E-state index in [1.54, 1.807) is 6.20 Å². The van der Waals surface area contributed by atoms with Crippen LogP contribution in [0.1, 0.15) is 11.1 Å². The fourth-order valence-electron chi connectivity index (χ4n) is 1.43. The third kappa shape index (κ3) is 2.72. The van der Waals surface area contributed by atoms with E-state index in [1.807, 2.05) is 29.1 Å². The first kappa shape index (κ1) is 10.5. The summed E-state index contributed by atoms with van der Waals surface area (Å²) in [5.41, 5.74) is 7.52. The van der Waals surface area contributed by atoms with Gasteiger partial charge in [-0.3, -0.25) is 4.68 Å². The first-order valence-electron chi connectivity index (χ1n) is 5.14. The van der Waals surface area contributed by atoms with E-state index in [1.165, 1.54) is 5.56 Å². The Hall–Kier alpha value is -2.05. The third-order valence-corrected chi connectivity index (χ3v) is 2.19. The van der Waals surface area contributed by atoms with E-state index in [-0.39, 0.29) is 0 Å². The van der Waals surface area contributed by atoms with E-state index in [0.717, 1.165) is 12.1 Å². The van der Waals surface area contributed by atoms with Gasteiger partial charge < -0.3 is 5.73 Å². The molecule has 0 spiro atoms. The van der Waals surface area contributed by atoms with Crippen LogP contribution in [0.3, 0.4) is 0 Å².